The summed E-state index contributed by atoms with van der Waals surface area (Å²) in [6, 6.07) is 14.5. The Morgan fingerprint density at radius 3 is 2.87 bits per heavy atom. The van der Waals surface area contributed by atoms with E-state index in [0.29, 0.717) is 19.7 Å². The van der Waals surface area contributed by atoms with Gasteiger partial charge in [0, 0.05) is 42.1 Å². The van der Waals surface area contributed by atoms with Crippen molar-refractivity contribution in [3.63, 3.8) is 0 Å². The van der Waals surface area contributed by atoms with E-state index >= 15 is 0 Å². The first-order valence-electron chi connectivity index (χ1n) is 10.7. The number of H-pyrrole nitrogens is 1. The average Bonchev–Trinajstić information content (AvgIpc) is 3.19. The molecule has 0 spiro atoms. The second-order valence-electron chi connectivity index (χ2n) is 7.62. The van der Waals surface area contributed by atoms with Crippen molar-refractivity contribution in [3.05, 3.63) is 77.2 Å². The van der Waals surface area contributed by atoms with E-state index in [1.54, 1.807) is 12.4 Å². The van der Waals surface area contributed by atoms with E-state index in [2.05, 4.69) is 47.1 Å². The molecule has 1 amide bonds. The molecule has 2 aromatic carbocycles. The molecule has 2 heterocycles. The van der Waals surface area contributed by atoms with E-state index in [-0.39, 0.29) is 6.04 Å². The molecule has 0 fully saturated rings. The van der Waals surface area contributed by atoms with Crippen LogP contribution in [0.2, 0.25) is 0 Å². The number of hydrogen-bond donors (Lipinski definition) is 2. The molecule has 1 unspecified atom stereocenters. The highest BCUT2D eigenvalue weighted by molar-refractivity contribution is 5.86. The summed E-state index contributed by atoms with van der Waals surface area (Å²) in [6.45, 7) is 7.48. The van der Waals surface area contributed by atoms with Crippen LogP contribution in [0.15, 0.2) is 59.9 Å². The van der Waals surface area contributed by atoms with Crippen molar-refractivity contribution in [1.82, 2.24) is 15.2 Å². The van der Waals surface area contributed by atoms with Crippen molar-refractivity contribution in [2.45, 2.75) is 25.8 Å². The van der Waals surface area contributed by atoms with Crippen LogP contribution >= 0.6 is 0 Å². The maximum Gasteiger partial charge on any atom is 0.210 e. The van der Waals surface area contributed by atoms with Crippen LogP contribution < -0.4 is 10.1 Å². The number of aliphatic imine (C=N–C) groups is 1. The number of aromatic nitrogens is 1. The zero-order valence-electron chi connectivity index (χ0n) is 17.8. The fourth-order valence-corrected chi connectivity index (χ4v) is 4.21. The maximum atomic E-state index is 11.8. The van der Waals surface area contributed by atoms with Crippen molar-refractivity contribution in [2.75, 3.05) is 19.7 Å². The highest BCUT2D eigenvalue weighted by Gasteiger charge is 2.30. The molecule has 0 saturated carbocycles. The van der Waals surface area contributed by atoms with Gasteiger partial charge in [0.25, 0.3) is 0 Å². The third-order valence-corrected chi connectivity index (χ3v) is 5.78. The monoisotopic (exact) mass is 416 g/mol. The number of hydrogen-bond acceptors (Lipinski definition) is 4. The van der Waals surface area contributed by atoms with Gasteiger partial charge < -0.3 is 19.9 Å². The Kier molecular flexibility index (Phi) is 6.36. The Bertz CT molecular complexity index is 1080. The second-order valence-corrected chi connectivity index (χ2v) is 7.62. The Morgan fingerprint density at radius 1 is 1.29 bits per heavy atom. The van der Waals surface area contributed by atoms with E-state index in [4.69, 9.17) is 4.74 Å². The number of benzene rings is 2. The van der Waals surface area contributed by atoms with Crippen LogP contribution in [-0.4, -0.2) is 42.7 Å². The normalized spacial score (nSPS) is 15.8. The molecule has 160 valence electrons. The lowest BCUT2D eigenvalue weighted by Crippen LogP contribution is -2.34. The molecule has 0 saturated heterocycles. The molecule has 2 N–H and O–H groups in total. The molecular weight excluding hydrogens is 388 g/mol. The lowest BCUT2D eigenvalue weighted by atomic mass is 9.92. The van der Waals surface area contributed by atoms with Gasteiger partial charge in [0.1, 0.15) is 12.4 Å². The number of nitrogens with zero attached hydrogens (tertiary/aromatic N) is 2. The molecule has 0 bridgehead atoms. The molecule has 6 nitrogen and oxygen atoms in total. The average molecular weight is 417 g/mol. The molecule has 3 aromatic rings. The SMILES string of the molecule is C=N/C=C\NCCOc1ccc(C2c3[nH]c4ccc(CC)cc4c3CCN2C=O)cc1. The van der Waals surface area contributed by atoms with E-state index in [1.807, 2.05) is 29.2 Å². The number of aromatic amines is 1. The first kappa shape index (κ1) is 20.7. The fraction of sp³-hybridized carbons (Fsp3) is 0.280. The van der Waals surface area contributed by atoms with Gasteiger partial charge >= 0.3 is 0 Å². The topological polar surface area (TPSA) is 69.7 Å². The standard InChI is InChI=1S/C25H28N4O2/c1-3-18-4-9-23-22(16-18)21-10-14-29(17-30)25(24(21)28-23)19-5-7-20(8-6-19)31-15-13-27-12-11-26-2/h4-9,11-12,16-17,25,27-28H,2-3,10,13-15H2,1H3/b12-11-. The van der Waals surface area contributed by atoms with Crippen LogP contribution in [0.4, 0.5) is 0 Å². The number of ether oxygens (including phenoxy) is 1. The second kappa shape index (κ2) is 9.51. The van der Waals surface area contributed by atoms with Crippen molar-refractivity contribution in [2.24, 2.45) is 4.99 Å². The van der Waals surface area contributed by atoms with Gasteiger partial charge in [0.2, 0.25) is 6.41 Å². The lowest BCUT2D eigenvalue weighted by molar-refractivity contribution is -0.120. The predicted molar refractivity (Wildman–Crippen MR) is 125 cm³/mol. The van der Waals surface area contributed by atoms with Crippen LogP contribution in [0.25, 0.3) is 10.9 Å². The number of carbonyl (C=O) groups is 1. The molecule has 6 heteroatoms. The highest BCUT2D eigenvalue weighted by atomic mass is 16.5. The number of nitrogens with one attached hydrogen (secondary N) is 2. The van der Waals surface area contributed by atoms with Gasteiger partial charge in [-0.05, 0) is 60.5 Å². The van der Waals surface area contributed by atoms with Crippen LogP contribution in [0.1, 0.15) is 35.3 Å². The molecular formula is C25H28N4O2. The Morgan fingerprint density at radius 2 is 2.13 bits per heavy atom. The summed E-state index contributed by atoms with van der Waals surface area (Å²) in [5.41, 5.74) is 5.97. The molecule has 1 aromatic heterocycles. The molecule has 0 radical (unpaired) electrons. The third kappa shape index (κ3) is 4.33. The number of carbonyl (C=O) groups excluding carboxylic acids is 1. The summed E-state index contributed by atoms with van der Waals surface area (Å²) < 4.78 is 5.79. The zero-order valence-corrected chi connectivity index (χ0v) is 17.8. The molecule has 1 aliphatic rings. The van der Waals surface area contributed by atoms with Crippen molar-refractivity contribution < 1.29 is 9.53 Å². The van der Waals surface area contributed by atoms with Gasteiger partial charge in [-0.25, -0.2) is 0 Å². The van der Waals surface area contributed by atoms with Gasteiger partial charge in [-0.15, -0.1) is 0 Å². The molecule has 4 rings (SSSR count). The minimum atomic E-state index is -0.119. The summed E-state index contributed by atoms with van der Waals surface area (Å²) in [5, 5.41) is 4.35. The molecule has 1 aliphatic heterocycles. The van der Waals surface area contributed by atoms with Gasteiger partial charge in [-0.3, -0.25) is 9.79 Å². The smallest absolute Gasteiger partial charge is 0.210 e. The number of rotatable bonds is 9. The summed E-state index contributed by atoms with van der Waals surface area (Å²) in [6.07, 6.45) is 6.16. The van der Waals surface area contributed by atoms with Gasteiger partial charge in [-0.2, -0.15) is 0 Å². The summed E-state index contributed by atoms with van der Waals surface area (Å²) >= 11 is 0. The number of fused-ring (bicyclic) bond motifs is 3. The quantitative estimate of drug-likeness (QED) is 0.315. The number of aryl methyl sites for hydroxylation is 1. The van der Waals surface area contributed by atoms with Crippen molar-refractivity contribution >= 4 is 24.0 Å². The van der Waals surface area contributed by atoms with Crippen LogP contribution in [0.5, 0.6) is 5.75 Å². The summed E-state index contributed by atoms with van der Waals surface area (Å²) in [5.74, 6) is 0.800. The minimum absolute atomic E-state index is 0.119. The van der Waals surface area contributed by atoms with E-state index in [9.17, 15) is 4.79 Å². The number of amides is 1. The van der Waals surface area contributed by atoms with E-state index < -0.39 is 0 Å². The van der Waals surface area contributed by atoms with Crippen LogP contribution in [0, 0.1) is 0 Å². The van der Waals surface area contributed by atoms with Crippen LogP contribution in [-0.2, 0) is 17.6 Å². The van der Waals surface area contributed by atoms with Gasteiger partial charge in [-0.1, -0.05) is 25.1 Å². The first-order chi connectivity index (χ1) is 15.2. The summed E-state index contributed by atoms with van der Waals surface area (Å²) in [4.78, 5) is 20.9. The predicted octanol–water partition coefficient (Wildman–Crippen LogP) is 3.97. The molecule has 31 heavy (non-hydrogen) atoms. The largest absolute Gasteiger partial charge is 0.492 e. The van der Waals surface area contributed by atoms with Crippen LogP contribution in [0.3, 0.4) is 0 Å². The van der Waals surface area contributed by atoms with E-state index in [0.717, 1.165) is 41.8 Å². The Labute approximate surface area is 182 Å². The summed E-state index contributed by atoms with van der Waals surface area (Å²) in [7, 11) is 0. The highest BCUT2D eigenvalue weighted by Crippen LogP contribution is 2.38. The van der Waals surface area contributed by atoms with Gasteiger partial charge in [0.05, 0.1) is 6.04 Å². The van der Waals surface area contributed by atoms with Gasteiger partial charge in [0.15, 0.2) is 0 Å². The van der Waals surface area contributed by atoms with E-state index in [1.165, 1.54) is 16.5 Å². The van der Waals surface area contributed by atoms with Crippen molar-refractivity contribution in [1.29, 1.82) is 0 Å². The first-order valence-corrected chi connectivity index (χ1v) is 10.7. The molecule has 0 aliphatic carbocycles. The Balaban J connectivity index is 1.56. The maximum absolute atomic E-state index is 11.8. The zero-order chi connectivity index (χ0) is 21.6. The minimum Gasteiger partial charge on any atom is -0.492 e. The lowest BCUT2D eigenvalue weighted by Gasteiger charge is -2.33. The third-order valence-electron chi connectivity index (χ3n) is 5.78. The Hall–Kier alpha value is -3.54. The van der Waals surface area contributed by atoms with Crippen molar-refractivity contribution in [3.8, 4) is 5.75 Å². The molecule has 1 atom stereocenters. The fourth-order valence-electron chi connectivity index (χ4n) is 4.21.